The van der Waals surface area contributed by atoms with E-state index < -0.39 is 11.9 Å². The van der Waals surface area contributed by atoms with Crippen LogP contribution in [0.3, 0.4) is 0 Å². The van der Waals surface area contributed by atoms with Gasteiger partial charge in [-0.2, -0.15) is 13.2 Å². The van der Waals surface area contributed by atoms with E-state index in [1.54, 1.807) is 6.92 Å². The molecule has 1 heterocycles. The summed E-state index contributed by atoms with van der Waals surface area (Å²) in [5.74, 6) is -0.0883. The number of rotatable bonds is 3. The molecule has 0 saturated heterocycles. The molecule has 16 heavy (non-hydrogen) atoms. The van der Waals surface area contributed by atoms with Gasteiger partial charge in [-0.15, -0.1) is 0 Å². The van der Waals surface area contributed by atoms with Gasteiger partial charge in [0, 0.05) is 18.2 Å². The van der Waals surface area contributed by atoms with Crippen LogP contribution in [0, 0.1) is 0 Å². The lowest BCUT2D eigenvalue weighted by atomic mass is 9.98. The Bertz CT molecular complexity index is 349. The van der Waals surface area contributed by atoms with Crippen molar-refractivity contribution in [2.45, 2.75) is 38.4 Å². The van der Waals surface area contributed by atoms with Gasteiger partial charge in [0.2, 0.25) is 0 Å². The maximum absolute atomic E-state index is 12.4. The third-order valence-electron chi connectivity index (χ3n) is 2.37. The molecule has 90 valence electrons. The highest BCUT2D eigenvalue weighted by Crippen LogP contribution is 2.28. The van der Waals surface area contributed by atoms with Gasteiger partial charge in [-0.25, -0.2) is 9.97 Å². The smallest absolute Gasteiger partial charge is 0.327 e. The Hall–Kier alpha value is -1.17. The van der Waals surface area contributed by atoms with Crippen molar-refractivity contribution in [3.63, 3.8) is 0 Å². The van der Waals surface area contributed by atoms with Crippen molar-refractivity contribution in [1.29, 1.82) is 0 Å². The normalized spacial score (nSPS) is 15.9. The monoisotopic (exact) mass is 233 g/mol. The van der Waals surface area contributed by atoms with Crippen molar-refractivity contribution in [2.75, 3.05) is 0 Å². The molecule has 2 N–H and O–H groups in total. The van der Waals surface area contributed by atoms with Gasteiger partial charge in [-0.1, -0.05) is 6.92 Å². The van der Waals surface area contributed by atoms with Crippen molar-refractivity contribution in [3.05, 3.63) is 23.8 Å². The second kappa shape index (κ2) is 4.78. The van der Waals surface area contributed by atoms with Crippen LogP contribution in [0.4, 0.5) is 13.2 Å². The molecule has 0 aliphatic rings. The van der Waals surface area contributed by atoms with Crippen LogP contribution in [-0.4, -0.2) is 16.0 Å². The van der Waals surface area contributed by atoms with Gasteiger partial charge in [-0.05, 0) is 19.4 Å². The Balaban J connectivity index is 3.07. The van der Waals surface area contributed by atoms with Crippen molar-refractivity contribution in [3.8, 4) is 0 Å². The van der Waals surface area contributed by atoms with Crippen LogP contribution in [0.2, 0.25) is 0 Å². The molecule has 1 aromatic heterocycles. The largest absolute Gasteiger partial charge is 0.433 e. The van der Waals surface area contributed by atoms with Gasteiger partial charge in [0.25, 0.3) is 0 Å². The molecule has 2 atom stereocenters. The number of halogens is 3. The van der Waals surface area contributed by atoms with Gasteiger partial charge in [-0.3, -0.25) is 0 Å². The first-order valence-electron chi connectivity index (χ1n) is 5.02. The number of hydrogen-bond donors (Lipinski definition) is 1. The molecular weight excluding hydrogens is 219 g/mol. The Kier molecular flexibility index (Phi) is 3.85. The van der Waals surface area contributed by atoms with Gasteiger partial charge >= 0.3 is 6.18 Å². The average Bonchev–Trinajstić information content (AvgIpc) is 2.17. The van der Waals surface area contributed by atoms with E-state index in [0.717, 1.165) is 12.3 Å². The highest BCUT2D eigenvalue weighted by atomic mass is 19.4. The van der Waals surface area contributed by atoms with E-state index in [0.29, 0.717) is 6.42 Å². The molecule has 0 aliphatic carbocycles. The second-order valence-corrected chi connectivity index (χ2v) is 3.67. The minimum Gasteiger partial charge on any atom is -0.327 e. The Morgan fingerprint density at radius 1 is 1.44 bits per heavy atom. The summed E-state index contributed by atoms with van der Waals surface area (Å²) in [5, 5.41) is 0. The van der Waals surface area contributed by atoms with Crippen molar-refractivity contribution in [1.82, 2.24) is 9.97 Å². The van der Waals surface area contributed by atoms with E-state index in [1.807, 2.05) is 6.92 Å². The summed E-state index contributed by atoms with van der Waals surface area (Å²) in [6, 6.07) is 0.589. The Labute approximate surface area is 91.9 Å². The van der Waals surface area contributed by atoms with Crippen molar-refractivity contribution < 1.29 is 13.2 Å². The molecule has 6 heteroatoms. The molecule has 1 rings (SSSR count). The molecule has 0 bridgehead atoms. The zero-order valence-corrected chi connectivity index (χ0v) is 9.12. The third kappa shape index (κ3) is 2.91. The van der Waals surface area contributed by atoms with Crippen LogP contribution in [0.15, 0.2) is 12.3 Å². The van der Waals surface area contributed by atoms with E-state index in [2.05, 4.69) is 9.97 Å². The summed E-state index contributed by atoms with van der Waals surface area (Å²) in [5.41, 5.74) is 4.76. The summed E-state index contributed by atoms with van der Waals surface area (Å²) in [6.07, 6.45) is -2.71. The molecule has 3 nitrogen and oxygen atoms in total. The standard InChI is InChI=1S/C10H14F3N3/c1-3-7(6(2)14)9-15-5-4-8(16-9)10(11,12)13/h4-7H,3,14H2,1-2H3. The molecule has 0 saturated carbocycles. The summed E-state index contributed by atoms with van der Waals surface area (Å²) in [7, 11) is 0. The highest BCUT2D eigenvalue weighted by molar-refractivity contribution is 5.09. The van der Waals surface area contributed by atoms with Crippen LogP contribution in [-0.2, 0) is 6.18 Å². The van der Waals surface area contributed by atoms with Crippen molar-refractivity contribution in [2.24, 2.45) is 5.73 Å². The van der Waals surface area contributed by atoms with E-state index in [9.17, 15) is 13.2 Å². The number of nitrogens with zero attached hydrogens (tertiary/aromatic N) is 2. The van der Waals surface area contributed by atoms with Crippen LogP contribution in [0.25, 0.3) is 0 Å². The van der Waals surface area contributed by atoms with E-state index in [1.165, 1.54) is 0 Å². The SMILES string of the molecule is CCC(c1nccc(C(F)(F)F)n1)C(C)N. The first-order valence-corrected chi connectivity index (χ1v) is 5.02. The van der Waals surface area contributed by atoms with Crippen LogP contribution in [0.5, 0.6) is 0 Å². The molecule has 2 unspecified atom stereocenters. The van der Waals surface area contributed by atoms with Gasteiger partial charge in [0.05, 0.1) is 0 Å². The van der Waals surface area contributed by atoms with Crippen LogP contribution >= 0.6 is 0 Å². The maximum Gasteiger partial charge on any atom is 0.433 e. The van der Waals surface area contributed by atoms with Crippen molar-refractivity contribution >= 4 is 0 Å². The maximum atomic E-state index is 12.4. The summed E-state index contributed by atoms with van der Waals surface area (Å²) in [6.45, 7) is 3.58. The Morgan fingerprint density at radius 3 is 2.50 bits per heavy atom. The molecule has 0 fully saturated rings. The van der Waals surface area contributed by atoms with Gasteiger partial charge in [0.15, 0.2) is 0 Å². The topological polar surface area (TPSA) is 51.8 Å². The van der Waals surface area contributed by atoms with Gasteiger partial charge < -0.3 is 5.73 Å². The minimum absolute atomic E-state index is 0.160. The molecule has 0 spiro atoms. The van der Waals surface area contributed by atoms with E-state index in [4.69, 9.17) is 5.73 Å². The number of alkyl halides is 3. The molecular formula is C10H14F3N3. The lowest BCUT2D eigenvalue weighted by molar-refractivity contribution is -0.141. The lowest BCUT2D eigenvalue weighted by Gasteiger charge is -2.18. The average molecular weight is 233 g/mol. The molecule has 0 aliphatic heterocycles. The van der Waals surface area contributed by atoms with E-state index in [-0.39, 0.29) is 17.8 Å². The Morgan fingerprint density at radius 2 is 2.06 bits per heavy atom. The zero-order chi connectivity index (χ0) is 12.3. The number of nitrogens with two attached hydrogens (primary N) is 1. The molecule has 1 aromatic rings. The lowest BCUT2D eigenvalue weighted by Crippen LogP contribution is -2.26. The second-order valence-electron chi connectivity index (χ2n) is 3.67. The molecule has 0 aromatic carbocycles. The predicted molar refractivity (Wildman–Crippen MR) is 53.7 cm³/mol. The van der Waals surface area contributed by atoms with Crippen LogP contribution < -0.4 is 5.73 Å². The summed E-state index contributed by atoms with van der Waals surface area (Å²) >= 11 is 0. The van der Waals surface area contributed by atoms with E-state index >= 15 is 0 Å². The summed E-state index contributed by atoms with van der Waals surface area (Å²) < 4.78 is 37.2. The fourth-order valence-corrected chi connectivity index (χ4v) is 1.50. The molecule has 0 radical (unpaired) electrons. The van der Waals surface area contributed by atoms with Crippen LogP contribution in [0.1, 0.15) is 37.7 Å². The summed E-state index contributed by atoms with van der Waals surface area (Å²) in [4.78, 5) is 7.37. The minimum atomic E-state index is -4.44. The third-order valence-corrected chi connectivity index (χ3v) is 2.37. The zero-order valence-electron chi connectivity index (χ0n) is 9.12. The molecule has 0 amide bonds. The number of aromatic nitrogens is 2. The first-order chi connectivity index (χ1) is 7.36. The fraction of sp³-hybridized carbons (Fsp3) is 0.600. The fourth-order valence-electron chi connectivity index (χ4n) is 1.50. The number of hydrogen-bond acceptors (Lipinski definition) is 3. The van der Waals surface area contributed by atoms with Gasteiger partial charge in [0.1, 0.15) is 11.5 Å². The highest BCUT2D eigenvalue weighted by Gasteiger charge is 2.33. The quantitative estimate of drug-likeness (QED) is 0.871. The first kappa shape index (κ1) is 12.9. The predicted octanol–water partition coefficient (Wildman–Crippen LogP) is 2.34.